The highest BCUT2D eigenvalue weighted by Crippen LogP contribution is 2.55. The average molecular weight is 410 g/mol. The van der Waals surface area contributed by atoms with Gasteiger partial charge in [0.1, 0.15) is 0 Å². The Morgan fingerprint density at radius 2 is 1.61 bits per heavy atom. The summed E-state index contributed by atoms with van der Waals surface area (Å²) in [5.74, 6) is -0.645. The smallest absolute Gasteiger partial charge is 0.337 e. The van der Waals surface area contributed by atoms with Gasteiger partial charge in [0.2, 0.25) is 0 Å². The van der Waals surface area contributed by atoms with Gasteiger partial charge in [-0.3, -0.25) is 0 Å². The molecule has 0 radical (unpaired) electrons. The summed E-state index contributed by atoms with van der Waals surface area (Å²) < 4.78 is 0. The fourth-order valence-electron chi connectivity index (χ4n) is 4.86. The molecule has 0 saturated carbocycles. The van der Waals surface area contributed by atoms with E-state index < -0.39 is 5.97 Å². The van der Waals surface area contributed by atoms with Crippen molar-refractivity contribution in [3.8, 4) is 0 Å². The average Bonchev–Trinajstić information content (AvgIpc) is 3.07. The van der Waals surface area contributed by atoms with Crippen LogP contribution in [0.5, 0.6) is 0 Å². The number of anilines is 1. The Morgan fingerprint density at radius 3 is 2.36 bits per heavy atom. The normalized spacial score (nSPS) is 22.0. The summed E-state index contributed by atoms with van der Waals surface area (Å²) >= 11 is 13.1. The molecule has 3 aromatic rings. The molecule has 1 aliphatic carbocycles. The van der Waals surface area contributed by atoms with Crippen LogP contribution in [0.4, 0.5) is 5.69 Å². The standard InChI is InChI=1S/C23H17Cl2NO2/c24-17-9-4-10-18(25)20(17)22-16-11-12-5-1-2-6-13(12)19(16)14-7-3-8-15(23(27)28)21(14)26-22/h1-10,16,19,22,26H,11H2,(H,27,28)/t16-,19-,22-/m0/s1. The molecule has 28 heavy (non-hydrogen) atoms. The molecule has 0 fully saturated rings. The molecule has 3 atom stereocenters. The van der Waals surface area contributed by atoms with Gasteiger partial charge in [-0.2, -0.15) is 0 Å². The van der Waals surface area contributed by atoms with Gasteiger partial charge in [0.15, 0.2) is 0 Å². The van der Waals surface area contributed by atoms with E-state index >= 15 is 0 Å². The zero-order valence-corrected chi connectivity index (χ0v) is 16.3. The first-order valence-electron chi connectivity index (χ1n) is 9.20. The molecule has 1 aliphatic heterocycles. The summed E-state index contributed by atoms with van der Waals surface area (Å²) in [7, 11) is 0. The molecule has 0 spiro atoms. The molecule has 0 saturated heterocycles. The maximum atomic E-state index is 11.9. The predicted molar refractivity (Wildman–Crippen MR) is 112 cm³/mol. The zero-order valence-electron chi connectivity index (χ0n) is 14.8. The lowest BCUT2D eigenvalue weighted by Gasteiger charge is -2.39. The first-order chi connectivity index (χ1) is 13.6. The van der Waals surface area contributed by atoms with Crippen molar-refractivity contribution in [3.05, 3.63) is 98.5 Å². The minimum Gasteiger partial charge on any atom is -0.478 e. The van der Waals surface area contributed by atoms with Gasteiger partial charge in [-0.1, -0.05) is 65.7 Å². The lowest BCUT2D eigenvalue weighted by Crippen LogP contribution is -2.32. The van der Waals surface area contributed by atoms with E-state index in [0.29, 0.717) is 15.7 Å². The van der Waals surface area contributed by atoms with E-state index in [-0.39, 0.29) is 23.4 Å². The van der Waals surface area contributed by atoms with Crippen molar-refractivity contribution >= 4 is 34.9 Å². The number of benzene rings is 3. The van der Waals surface area contributed by atoms with Gasteiger partial charge in [-0.15, -0.1) is 0 Å². The molecule has 2 N–H and O–H groups in total. The van der Waals surface area contributed by atoms with Crippen LogP contribution in [0.15, 0.2) is 60.7 Å². The second-order valence-corrected chi connectivity index (χ2v) is 8.19. The van der Waals surface area contributed by atoms with E-state index in [4.69, 9.17) is 23.2 Å². The number of hydrogen-bond acceptors (Lipinski definition) is 2. The molecule has 140 valence electrons. The van der Waals surface area contributed by atoms with Crippen LogP contribution in [0.1, 0.15) is 44.6 Å². The zero-order chi connectivity index (χ0) is 19.4. The summed E-state index contributed by atoms with van der Waals surface area (Å²) in [5.41, 5.74) is 5.34. The van der Waals surface area contributed by atoms with Crippen LogP contribution < -0.4 is 5.32 Å². The fourth-order valence-corrected chi connectivity index (χ4v) is 5.49. The second kappa shape index (κ2) is 6.54. The van der Waals surface area contributed by atoms with Gasteiger partial charge >= 0.3 is 5.97 Å². The van der Waals surface area contributed by atoms with Crippen molar-refractivity contribution in [2.75, 3.05) is 5.32 Å². The SMILES string of the molecule is O=C(O)c1cccc2c1N[C@H](c1c(Cl)cccc1Cl)[C@H]1Cc3ccccc3[C@@H]21. The number of hydrogen-bond donors (Lipinski definition) is 2. The van der Waals surface area contributed by atoms with Gasteiger partial charge in [0.05, 0.1) is 17.3 Å². The molecule has 2 aliphatic rings. The van der Waals surface area contributed by atoms with Crippen LogP contribution in [-0.4, -0.2) is 11.1 Å². The third-order valence-corrected chi connectivity index (χ3v) is 6.63. The van der Waals surface area contributed by atoms with Crippen molar-refractivity contribution in [1.82, 2.24) is 0 Å². The van der Waals surface area contributed by atoms with Crippen LogP contribution in [0, 0.1) is 5.92 Å². The maximum absolute atomic E-state index is 11.9. The summed E-state index contributed by atoms with van der Waals surface area (Å²) in [6.07, 6.45) is 0.886. The Balaban J connectivity index is 1.77. The molecular weight excluding hydrogens is 393 g/mol. The van der Waals surface area contributed by atoms with Crippen molar-refractivity contribution in [1.29, 1.82) is 0 Å². The van der Waals surface area contributed by atoms with Crippen LogP contribution in [0.2, 0.25) is 10.0 Å². The number of para-hydroxylation sites is 1. The molecule has 3 nitrogen and oxygen atoms in total. The molecule has 0 unspecified atom stereocenters. The first-order valence-corrected chi connectivity index (χ1v) is 9.96. The number of halogens is 2. The molecule has 0 aromatic heterocycles. The monoisotopic (exact) mass is 409 g/mol. The van der Waals surface area contributed by atoms with Crippen LogP contribution in [0.25, 0.3) is 0 Å². The number of fused-ring (bicyclic) bond motifs is 5. The Bertz CT molecular complexity index is 1090. The number of carbonyl (C=O) groups is 1. The van der Waals surface area contributed by atoms with Crippen molar-refractivity contribution < 1.29 is 9.90 Å². The fraction of sp³-hybridized carbons (Fsp3) is 0.174. The van der Waals surface area contributed by atoms with Crippen LogP contribution >= 0.6 is 23.2 Å². The van der Waals surface area contributed by atoms with E-state index in [1.807, 2.05) is 36.4 Å². The van der Waals surface area contributed by atoms with E-state index in [9.17, 15) is 9.90 Å². The summed E-state index contributed by atoms with van der Waals surface area (Å²) in [6, 6.07) is 19.2. The minimum absolute atomic E-state index is 0.101. The molecule has 5 heteroatoms. The highest BCUT2D eigenvalue weighted by atomic mass is 35.5. The number of aromatic carboxylic acids is 1. The van der Waals surface area contributed by atoms with E-state index in [2.05, 4.69) is 23.5 Å². The molecule has 5 rings (SSSR count). The lowest BCUT2D eigenvalue weighted by atomic mass is 9.75. The molecular formula is C23H17Cl2NO2. The minimum atomic E-state index is -0.946. The molecule has 0 amide bonds. The molecule has 0 bridgehead atoms. The largest absolute Gasteiger partial charge is 0.478 e. The number of nitrogens with one attached hydrogen (secondary N) is 1. The van der Waals surface area contributed by atoms with E-state index in [1.54, 1.807) is 6.07 Å². The van der Waals surface area contributed by atoms with E-state index in [0.717, 1.165) is 17.5 Å². The molecule has 3 aromatic carbocycles. The number of carboxylic acid groups (broad SMARTS) is 1. The van der Waals surface area contributed by atoms with Gasteiger partial charge in [0.25, 0.3) is 0 Å². The van der Waals surface area contributed by atoms with Gasteiger partial charge in [-0.25, -0.2) is 4.79 Å². The van der Waals surface area contributed by atoms with Gasteiger partial charge in [-0.05, 0) is 47.2 Å². The second-order valence-electron chi connectivity index (χ2n) is 7.38. The van der Waals surface area contributed by atoms with Crippen LogP contribution in [-0.2, 0) is 6.42 Å². The lowest BCUT2D eigenvalue weighted by molar-refractivity contribution is 0.0697. The topological polar surface area (TPSA) is 49.3 Å². The molecule has 1 heterocycles. The van der Waals surface area contributed by atoms with Crippen molar-refractivity contribution in [3.63, 3.8) is 0 Å². The number of carboxylic acids is 1. The van der Waals surface area contributed by atoms with Crippen LogP contribution in [0.3, 0.4) is 0 Å². The number of rotatable bonds is 2. The Hall–Kier alpha value is -2.49. The maximum Gasteiger partial charge on any atom is 0.337 e. The quantitative estimate of drug-likeness (QED) is 0.532. The Labute approximate surface area is 172 Å². The summed E-state index contributed by atoms with van der Waals surface area (Å²) in [4.78, 5) is 11.9. The van der Waals surface area contributed by atoms with E-state index in [1.165, 1.54) is 11.1 Å². The third kappa shape index (κ3) is 2.54. The Kier molecular flexibility index (Phi) is 4.11. The van der Waals surface area contributed by atoms with Crippen molar-refractivity contribution in [2.24, 2.45) is 5.92 Å². The van der Waals surface area contributed by atoms with Crippen molar-refractivity contribution in [2.45, 2.75) is 18.4 Å². The third-order valence-electron chi connectivity index (χ3n) is 5.97. The highest BCUT2D eigenvalue weighted by molar-refractivity contribution is 6.36. The highest BCUT2D eigenvalue weighted by Gasteiger charge is 2.45. The first kappa shape index (κ1) is 17.6. The summed E-state index contributed by atoms with van der Waals surface area (Å²) in [6.45, 7) is 0. The van der Waals surface area contributed by atoms with Gasteiger partial charge in [0, 0.05) is 21.5 Å². The predicted octanol–water partition coefficient (Wildman–Crippen LogP) is 6.16. The Morgan fingerprint density at radius 1 is 0.929 bits per heavy atom. The van der Waals surface area contributed by atoms with Gasteiger partial charge < -0.3 is 10.4 Å². The summed E-state index contributed by atoms with van der Waals surface area (Å²) in [5, 5.41) is 14.4.